The molecule has 3 aromatic carbocycles. The van der Waals surface area contributed by atoms with Crippen molar-refractivity contribution in [2.75, 3.05) is 18.1 Å². The Morgan fingerprint density at radius 2 is 1.65 bits per heavy atom. The number of benzene rings is 3. The van der Waals surface area contributed by atoms with Crippen molar-refractivity contribution < 1.29 is 19.4 Å². The molecule has 1 heterocycles. The molecule has 1 aliphatic carbocycles. The van der Waals surface area contributed by atoms with Gasteiger partial charge < -0.3 is 14.7 Å². The fourth-order valence-corrected chi connectivity index (χ4v) is 4.79. The number of fused-ring (bicyclic) bond motifs is 2. The summed E-state index contributed by atoms with van der Waals surface area (Å²) in [5.74, 6) is -0.717. The molecule has 0 saturated carbocycles. The van der Waals surface area contributed by atoms with Crippen LogP contribution in [0.15, 0.2) is 78.9 Å². The first-order chi connectivity index (χ1) is 15.1. The third kappa shape index (κ3) is 3.13. The largest absolute Gasteiger partial charge is 0.492 e. The van der Waals surface area contributed by atoms with Gasteiger partial charge in [-0.1, -0.05) is 60.7 Å². The van der Waals surface area contributed by atoms with Crippen LogP contribution in [0.4, 0.5) is 5.69 Å². The summed E-state index contributed by atoms with van der Waals surface area (Å²) in [5.41, 5.74) is 0.840. The second-order valence-corrected chi connectivity index (χ2v) is 8.01. The minimum absolute atomic E-state index is 0.171. The summed E-state index contributed by atoms with van der Waals surface area (Å²) < 4.78 is 5.77. The van der Waals surface area contributed by atoms with Gasteiger partial charge in [-0.15, -0.1) is 0 Å². The Kier molecular flexibility index (Phi) is 4.83. The van der Waals surface area contributed by atoms with Gasteiger partial charge in [0, 0.05) is 11.1 Å². The summed E-state index contributed by atoms with van der Waals surface area (Å²) in [6.07, 6.45) is 1.09. The second kappa shape index (κ2) is 7.67. The number of rotatable bonds is 5. The van der Waals surface area contributed by atoms with Crippen molar-refractivity contribution in [3.63, 3.8) is 0 Å². The number of aliphatic hydroxyl groups is 1. The number of aryl methyl sites for hydroxylation is 1. The van der Waals surface area contributed by atoms with Crippen LogP contribution in [0, 0.1) is 5.92 Å². The minimum Gasteiger partial charge on any atom is -0.492 e. The van der Waals surface area contributed by atoms with Crippen LogP contribution in [0.5, 0.6) is 5.75 Å². The van der Waals surface area contributed by atoms with Crippen molar-refractivity contribution in [1.29, 1.82) is 0 Å². The molecule has 1 aliphatic heterocycles. The number of ether oxygens (including phenoxy) is 1. The molecule has 156 valence electrons. The summed E-state index contributed by atoms with van der Waals surface area (Å²) >= 11 is 0. The summed E-state index contributed by atoms with van der Waals surface area (Å²) in [5, 5.41) is 11.8. The lowest BCUT2D eigenvalue weighted by atomic mass is 9.71. The van der Waals surface area contributed by atoms with E-state index in [0.29, 0.717) is 29.7 Å². The van der Waals surface area contributed by atoms with Gasteiger partial charge in [-0.25, -0.2) is 0 Å². The Bertz CT molecular complexity index is 1140. The van der Waals surface area contributed by atoms with E-state index in [1.165, 1.54) is 0 Å². The number of carbonyl (C=O) groups is 2. The normalized spacial score (nSPS) is 22.2. The van der Waals surface area contributed by atoms with Crippen LogP contribution >= 0.6 is 0 Å². The quantitative estimate of drug-likeness (QED) is 0.692. The number of anilines is 1. The molecule has 5 nitrogen and oxygen atoms in total. The van der Waals surface area contributed by atoms with Crippen LogP contribution in [-0.4, -0.2) is 29.9 Å². The van der Waals surface area contributed by atoms with Gasteiger partial charge in [0.1, 0.15) is 12.4 Å². The molecule has 1 amide bonds. The zero-order valence-electron chi connectivity index (χ0n) is 17.0. The standard InChI is InChI=1S/C26H23NO4/c28-24-20-11-5-4-8-18(20)14-15-22(24)26(30)21-12-6-7-13-23(21)27(25(26)29)16-17-31-19-9-2-1-3-10-19/h1-13,22,30H,14-17H2. The van der Waals surface area contributed by atoms with E-state index in [2.05, 4.69) is 0 Å². The van der Waals surface area contributed by atoms with Crippen molar-refractivity contribution >= 4 is 17.4 Å². The minimum atomic E-state index is -1.87. The van der Waals surface area contributed by atoms with Crippen LogP contribution < -0.4 is 9.64 Å². The van der Waals surface area contributed by atoms with Gasteiger partial charge in [-0.2, -0.15) is 0 Å². The number of hydrogen-bond acceptors (Lipinski definition) is 4. The van der Waals surface area contributed by atoms with Crippen molar-refractivity contribution in [2.45, 2.75) is 18.4 Å². The first-order valence-corrected chi connectivity index (χ1v) is 10.5. The number of nitrogens with zero attached hydrogens (tertiary/aromatic N) is 1. The lowest BCUT2D eigenvalue weighted by Gasteiger charge is -2.34. The molecule has 2 aliphatic rings. The summed E-state index contributed by atoms with van der Waals surface area (Å²) in [6, 6.07) is 24.0. The van der Waals surface area contributed by atoms with E-state index in [4.69, 9.17) is 4.74 Å². The molecule has 1 N–H and O–H groups in total. The Morgan fingerprint density at radius 1 is 0.935 bits per heavy atom. The molecular formula is C26H23NO4. The number of ketones is 1. The molecule has 0 saturated heterocycles. The first-order valence-electron chi connectivity index (χ1n) is 10.5. The van der Waals surface area contributed by atoms with E-state index in [1.54, 1.807) is 23.1 Å². The van der Waals surface area contributed by atoms with Crippen molar-refractivity contribution in [1.82, 2.24) is 0 Å². The Morgan fingerprint density at radius 3 is 2.48 bits per heavy atom. The molecule has 0 spiro atoms. The molecule has 2 atom stereocenters. The Labute approximate surface area is 180 Å². The number of amides is 1. The monoisotopic (exact) mass is 413 g/mol. The molecule has 31 heavy (non-hydrogen) atoms. The van der Waals surface area contributed by atoms with Gasteiger partial charge in [0.25, 0.3) is 5.91 Å². The van der Waals surface area contributed by atoms with Gasteiger partial charge >= 0.3 is 0 Å². The topological polar surface area (TPSA) is 66.8 Å². The number of Topliss-reactive ketones (excluding diaryl/α,β-unsaturated/α-hetero) is 1. The van der Waals surface area contributed by atoms with E-state index < -0.39 is 17.4 Å². The number of carbonyl (C=O) groups excluding carboxylic acids is 2. The Hall–Kier alpha value is -3.44. The molecule has 0 fully saturated rings. The molecule has 0 radical (unpaired) electrons. The lowest BCUT2D eigenvalue weighted by Crippen LogP contribution is -2.50. The summed E-state index contributed by atoms with van der Waals surface area (Å²) in [7, 11) is 0. The average Bonchev–Trinajstić information content (AvgIpc) is 3.03. The van der Waals surface area contributed by atoms with Crippen LogP contribution in [-0.2, 0) is 16.8 Å². The zero-order chi connectivity index (χ0) is 21.4. The highest BCUT2D eigenvalue weighted by atomic mass is 16.5. The third-order valence-electron chi connectivity index (χ3n) is 6.31. The molecular weight excluding hydrogens is 390 g/mol. The first kappa shape index (κ1) is 19.5. The highest BCUT2D eigenvalue weighted by Crippen LogP contribution is 2.48. The third-order valence-corrected chi connectivity index (χ3v) is 6.31. The molecule has 2 unspecified atom stereocenters. The molecule has 5 rings (SSSR count). The van der Waals surface area contributed by atoms with E-state index in [0.717, 1.165) is 11.3 Å². The van der Waals surface area contributed by atoms with Gasteiger partial charge in [0.05, 0.1) is 18.2 Å². The Balaban J connectivity index is 1.44. The predicted octanol–water partition coefficient (Wildman–Crippen LogP) is 3.75. The number of para-hydroxylation sites is 2. The lowest BCUT2D eigenvalue weighted by molar-refractivity contribution is -0.140. The maximum Gasteiger partial charge on any atom is 0.264 e. The van der Waals surface area contributed by atoms with Crippen LogP contribution in [0.3, 0.4) is 0 Å². The SMILES string of the molecule is O=C1c2ccccc2CCC1C1(O)C(=O)N(CCOc2ccccc2)c2ccccc21. The van der Waals surface area contributed by atoms with Gasteiger partial charge in [0.2, 0.25) is 0 Å². The van der Waals surface area contributed by atoms with E-state index in [-0.39, 0.29) is 18.9 Å². The van der Waals surface area contributed by atoms with Crippen LogP contribution in [0.25, 0.3) is 0 Å². The van der Waals surface area contributed by atoms with Crippen LogP contribution in [0.1, 0.15) is 27.9 Å². The fraction of sp³-hybridized carbons (Fsp3) is 0.231. The molecule has 5 heteroatoms. The summed E-state index contributed by atoms with van der Waals surface area (Å²) in [4.78, 5) is 28.4. The molecule has 0 bridgehead atoms. The highest BCUT2D eigenvalue weighted by Gasteiger charge is 2.57. The van der Waals surface area contributed by atoms with E-state index in [9.17, 15) is 14.7 Å². The smallest absolute Gasteiger partial charge is 0.264 e. The van der Waals surface area contributed by atoms with Crippen molar-refractivity contribution in [3.8, 4) is 5.75 Å². The molecule has 0 aromatic heterocycles. The van der Waals surface area contributed by atoms with E-state index >= 15 is 0 Å². The van der Waals surface area contributed by atoms with Gasteiger partial charge in [-0.3, -0.25) is 9.59 Å². The maximum atomic E-state index is 13.6. The zero-order valence-corrected chi connectivity index (χ0v) is 17.0. The fourth-order valence-electron chi connectivity index (χ4n) is 4.79. The highest BCUT2D eigenvalue weighted by molar-refractivity contribution is 6.12. The van der Waals surface area contributed by atoms with Crippen molar-refractivity contribution in [2.24, 2.45) is 5.92 Å². The van der Waals surface area contributed by atoms with Gasteiger partial charge in [0.15, 0.2) is 11.4 Å². The van der Waals surface area contributed by atoms with Crippen LogP contribution in [0.2, 0.25) is 0 Å². The van der Waals surface area contributed by atoms with E-state index in [1.807, 2.05) is 60.7 Å². The predicted molar refractivity (Wildman–Crippen MR) is 117 cm³/mol. The van der Waals surface area contributed by atoms with Crippen molar-refractivity contribution in [3.05, 3.63) is 95.6 Å². The number of hydrogen-bond donors (Lipinski definition) is 1. The van der Waals surface area contributed by atoms with Gasteiger partial charge in [-0.05, 0) is 36.6 Å². The molecule has 3 aromatic rings. The average molecular weight is 413 g/mol. The maximum absolute atomic E-state index is 13.6. The summed E-state index contributed by atoms with van der Waals surface area (Å²) in [6.45, 7) is 0.562. The second-order valence-electron chi connectivity index (χ2n) is 8.01.